The van der Waals surface area contributed by atoms with E-state index in [1.54, 1.807) is 24.3 Å². The molecule has 26 heavy (non-hydrogen) atoms. The molecule has 0 spiro atoms. The summed E-state index contributed by atoms with van der Waals surface area (Å²) in [7, 11) is 1.30. The maximum atomic E-state index is 13.1. The van der Waals surface area contributed by atoms with Gasteiger partial charge in [-0.1, -0.05) is 46.2 Å². The molecule has 1 aromatic carbocycles. The predicted octanol–water partition coefficient (Wildman–Crippen LogP) is 2.77. The maximum Gasteiger partial charge on any atom is 0.328 e. The summed E-state index contributed by atoms with van der Waals surface area (Å²) in [4.78, 5) is 39.2. The average Bonchev–Trinajstić information content (AvgIpc) is 2.63. The fraction of sp³-hybridized carbons (Fsp3) is 0.526. The van der Waals surface area contributed by atoms with E-state index >= 15 is 0 Å². The van der Waals surface area contributed by atoms with Gasteiger partial charge in [-0.25, -0.2) is 9.59 Å². The summed E-state index contributed by atoms with van der Waals surface area (Å²) < 4.78 is 4.84. The van der Waals surface area contributed by atoms with E-state index in [1.807, 2.05) is 27.7 Å². The Morgan fingerprint density at radius 1 is 1.27 bits per heavy atom. The molecule has 1 heterocycles. The van der Waals surface area contributed by atoms with Crippen molar-refractivity contribution >= 4 is 29.3 Å². The van der Waals surface area contributed by atoms with Gasteiger partial charge in [0.05, 0.1) is 18.5 Å². The van der Waals surface area contributed by atoms with Crippen LogP contribution in [-0.4, -0.2) is 37.1 Å². The van der Waals surface area contributed by atoms with Gasteiger partial charge in [-0.05, 0) is 24.0 Å². The standard InChI is InChI=1S/C19H27N3O4/c1-6-12(4)15(18(24)26-5)21-19(25)22-14-10-8-7-9-13(14)20-17(23)16(22)11(2)3/h7-12,15-16H,6H2,1-5H3,(H,20,23)(H,21,25)/t12-,15-,16+/m0/s1. The summed E-state index contributed by atoms with van der Waals surface area (Å²) in [6.45, 7) is 7.57. The highest BCUT2D eigenvalue weighted by atomic mass is 16.5. The summed E-state index contributed by atoms with van der Waals surface area (Å²) in [6, 6.07) is 5.20. The molecule has 0 fully saturated rings. The molecule has 0 radical (unpaired) electrons. The number of carbonyl (C=O) groups is 3. The third kappa shape index (κ3) is 3.81. The van der Waals surface area contributed by atoms with E-state index in [9.17, 15) is 14.4 Å². The van der Waals surface area contributed by atoms with Crippen molar-refractivity contribution in [3.63, 3.8) is 0 Å². The molecule has 7 heteroatoms. The van der Waals surface area contributed by atoms with E-state index in [1.165, 1.54) is 12.0 Å². The molecular weight excluding hydrogens is 334 g/mol. The summed E-state index contributed by atoms with van der Waals surface area (Å²) in [5, 5.41) is 5.61. The maximum absolute atomic E-state index is 13.1. The van der Waals surface area contributed by atoms with Crippen molar-refractivity contribution in [1.29, 1.82) is 0 Å². The molecule has 3 atom stereocenters. The summed E-state index contributed by atoms with van der Waals surface area (Å²) >= 11 is 0. The minimum Gasteiger partial charge on any atom is -0.467 e. The third-order valence-electron chi connectivity index (χ3n) is 4.77. The molecule has 0 aromatic heterocycles. The number of urea groups is 1. The molecule has 0 saturated carbocycles. The van der Waals surface area contributed by atoms with Crippen LogP contribution >= 0.6 is 0 Å². The third-order valence-corrected chi connectivity index (χ3v) is 4.77. The lowest BCUT2D eigenvalue weighted by Gasteiger charge is -2.39. The van der Waals surface area contributed by atoms with Gasteiger partial charge in [0.1, 0.15) is 12.1 Å². The first-order valence-electron chi connectivity index (χ1n) is 8.89. The minimum absolute atomic E-state index is 0.0993. The number of para-hydroxylation sites is 2. The number of ether oxygens (including phenoxy) is 1. The number of methoxy groups -OCH3 is 1. The van der Waals surface area contributed by atoms with Crippen LogP contribution in [0.2, 0.25) is 0 Å². The Balaban J connectivity index is 2.39. The Morgan fingerprint density at radius 3 is 2.50 bits per heavy atom. The largest absolute Gasteiger partial charge is 0.467 e. The molecule has 0 aliphatic carbocycles. The van der Waals surface area contributed by atoms with E-state index in [2.05, 4.69) is 10.6 Å². The number of esters is 1. The highest BCUT2D eigenvalue weighted by Crippen LogP contribution is 2.34. The fourth-order valence-electron chi connectivity index (χ4n) is 3.10. The first-order chi connectivity index (χ1) is 12.3. The van der Waals surface area contributed by atoms with E-state index in [4.69, 9.17) is 4.74 Å². The lowest BCUT2D eigenvalue weighted by atomic mass is 9.97. The van der Waals surface area contributed by atoms with Gasteiger partial charge < -0.3 is 15.4 Å². The predicted molar refractivity (Wildman–Crippen MR) is 100.0 cm³/mol. The molecule has 2 rings (SSSR count). The molecule has 1 aliphatic rings. The number of anilines is 2. The lowest BCUT2D eigenvalue weighted by Crippen LogP contribution is -2.59. The highest BCUT2D eigenvalue weighted by molar-refractivity contribution is 6.12. The fourth-order valence-corrected chi connectivity index (χ4v) is 3.10. The van der Waals surface area contributed by atoms with Crippen LogP contribution in [0.15, 0.2) is 24.3 Å². The van der Waals surface area contributed by atoms with Gasteiger partial charge in [0.2, 0.25) is 5.91 Å². The number of benzene rings is 1. The number of rotatable bonds is 5. The van der Waals surface area contributed by atoms with Crippen LogP contribution in [0, 0.1) is 11.8 Å². The molecule has 0 saturated heterocycles. The van der Waals surface area contributed by atoms with Crippen molar-refractivity contribution in [2.45, 2.75) is 46.2 Å². The van der Waals surface area contributed by atoms with E-state index in [-0.39, 0.29) is 17.7 Å². The number of nitrogens with one attached hydrogen (secondary N) is 2. The van der Waals surface area contributed by atoms with E-state index in [0.717, 1.165) is 0 Å². The van der Waals surface area contributed by atoms with E-state index < -0.39 is 24.1 Å². The zero-order valence-electron chi connectivity index (χ0n) is 15.9. The molecule has 1 aromatic rings. The number of hydrogen-bond acceptors (Lipinski definition) is 4. The van der Waals surface area contributed by atoms with Crippen LogP contribution in [0.4, 0.5) is 16.2 Å². The Labute approximate surface area is 154 Å². The van der Waals surface area contributed by atoms with Crippen molar-refractivity contribution in [2.24, 2.45) is 11.8 Å². The number of nitrogens with zero attached hydrogens (tertiary/aromatic N) is 1. The first kappa shape index (κ1) is 19.8. The normalized spacial score (nSPS) is 18.6. The summed E-state index contributed by atoms with van der Waals surface area (Å²) in [5.74, 6) is -0.942. The van der Waals surface area contributed by atoms with Crippen LogP contribution in [0.1, 0.15) is 34.1 Å². The zero-order chi connectivity index (χ0) is 19.4. The van der Waals surface area contributed by atoms with Gasteiger partial charge in [0.25, 0.3) is 0 Å². The zero-order valence-corrected chi connectivity index (χ0v) is 15.9. The average molecular weight is 361 g/mol. The van der Waals surface area contributed by atoms with Crippen molar-refractivity contribution in [3.8, 4) is 0 Å². The molecule has 0 unspecified atom stereocenters. The second-order valence-corrected chi connectivity index (χ2v) is 6.90. The van der Waals surface area contributed by atoms with Gasteiger partial charge in [0, 0.05) is 0 Å². The van der Waals surface area contributed by atoms with Gasteiger partial charge in [-0.15, -0.1) is 0 Å². The number of carbonyl (C=O) groups excluding carboxylic acids is 3. The highest BCUT2D eigenvalue weighted by Gasteiger charge is 2.40. The molecule has 7 nitrogen and oxygen atoms in total. The van der Waals surface area contributed by atoms with Gasteiger partial charge >= 0.3 is 12.0 Å². The van der Waals surface area contributed by atoms with Gasteiger partial charge in [-0.2, -0.15) is 0 Å². The summed E-state index contributed by atoms with van der Waals surface area (Å²) in [6.07, 6.45) is 0.699. The lowest BCUT2D eigenvalue weighted by molar-refractivity contribution is -0.144. The van der Waals surface area contributed by atoms with Crippen LogP contribution in [-0.2, 0) is 14.3 Å². The monoisotopic (exact) mass is 361 g/mol. The van der Waals surface area contributed by atoms with Crippen LogP contribution in [0.25, 0.3) is 0 Å². The number of amides is 3. The smallest absolute Gasteiger partial charge is 0.328 e. The van der Waals surface area contributed by atoms with Crippen LogP contribution in [0.3, 0.4) is 0 Å². The van der Waals surface area contributed by atoms with Crippen molar-refractivity contribution in [3.05, 3.63) is 24.3 Å². The number of fused-ring (bicyclic) bond motifs is 1. The topological polar surface area (TPSA) is 87.7 Å². The molecular formula is C19H27N3O4. The second-order valence-electron chi connectivity index (χ2n) is 6.90. The molecule has 142 valence electrons. The van der Waals surface area contributed by atoms with Gasteiger partial charge in [0.15, 0.2) is 0 Å². The molecule has 2 N–H and O–H groups in total. The van der Waals surface area contributed by atoms with Crippen molar-refractivity contribution in [1.82, 2.24) is 5.32 Å². The number of hydrogen-bond donors (Lipinski definition) is 2. The Kier molecular flexibility index (Phi) is 6.23. The van der Waals surface area contributed by atoms with Gasteiger partial charge in [-0.3, -0.25) is 9.69 Å². The second kappa shape index (κ2) is 8.21. The van der Waals surface area contributed by atoms with Crippen molar-refractivity contribution in [2.75, 3.05) is 17.3 Å². The Hall–Kier alpha value is -2.57. The Morgan fingerprint density at radius 2 is 1.92 bits per heavy atom. The molecule has 1 aliphatic heterocycles. The Bertz CT molecular complexity index is 689. The van der Waals surface area contributed by atoms with E-state index in [0.29, 0.717) is 17.8 Å². The summed E-state index contributed by atoms with van der Waals surface area (Å²) in [5.41, 5.74) is 1.18. The van der Waals surface area contributed by atoms with Crippen molar-refractivity contribution < 1.29 is 19.1 Å². The molecule has 3 amide bonds. The SMILES string of the molecule is CC[C@H](C)[C@H](NC(=O)N1c2ccccc2NC(=O)[C@H]1C(C)C)C(=O)OC. The molecule has 0 bridgehead atoms. The van der Waals surface area contributed by atoms with Crippen LogP contribution in [0.5, 0.6) is 0 Å². The van der Waals surface area contributed by atoms with Crippen LogP contribution < -0.4 is 15.5 Å². The first-order valence-corrected chi connectivity index (χ1v) is 8.89. The quantitative estimate of drug-likeness (QED) is 0.790. The minimum atomic E-state index is -0.775.